The minimum absolute atomic E-state index is 0.0733. The van der Waals surface area contributed by atoms with Gasteiger partial charge in [-0.05, 0) is 34.3 Å². The smallest absolute Gasteiger partial charge is 0.0578 e. The fourth-order valence-electron chi connectivity index (χ4n) is 1.66. The highest BCUT2D eigenvalue weighted by molar-refractivity contribution is 9.10. The first-order valence-electron chi connectivity index (χ1n) is 4.10. The third-order valence-electron chi connectivity index (χ3n) is 2.69. The van der Waals surface area contributed by atoms with Crippen molar-refractivity contribution in [2.75, 3.05) is 0 Å². The Morgan fingerprint density at radius 1 is 1.67 bits per heavy atom. The second kappa shape index (κ2) is 3.13. The molecule has 3 atom stereocenters. The SMILES string of the molecule is CC1C(O)CC1c1cc(Br)cs1. The van der Waals surface area contributed by atoms with Gasteiger partial charge in [-0.1, -0.05) is 6.92 Å². The molecule has 1 heterocycles. The average Bonchev–Trinajstić information content (AvgIpc) is 2.46. The van der Waals surface area contributed by atoms with E-state index >= 15 is 0 Å². The first kappa shape index (κ1) is 8.73. The average molecular weight is 247 g/mol. The summed E-state index contributed by atoms with van der Waals surface area (Å²) < 4.78 is 1.16. The molecule has 3 unspecified atom stereocenters. The number of rotatable bonds is 1. The van der Waals surface area contributed by atoms with E-state index in [1.165, 1.54) is 4.88 Å². The van der Waals surface area contributed by atoms with E-state index in [4.69, 9.17) is 0 Å². The molecule has 3 heteroatoms. The van der Waals surface area contributed by atoms with Crippen molar-refractivity contribution in [3.63, 3.8) is 0 Å². The fraction of sp³-hybridized carbons (Fsp3) is 0.556. The number of thiophene rings is 1. The summed E-state index contributed by atoms with van der Waals surface area (Å²) in [4.78, 5) is 1.40. The summed E-state index contributed by atoms with van der Waals surface area (Å²) in [5.74, 6) is 1.03. The van der Waals surface area contributed by atoms with Crippen LogP contribution in [0.4, 0.5) is 0 Å². The Kier molecular flexibility index (Phi) is 2.27. The minimum atomic E-state index is -0.0733. The van der Waals surface area contributed by atoms with Gasteiger partial charge < -0.3 is 5.11 Å². The van der Waals surface area contributed by atoms with Crippen molar-refractivity contribution in [3.8, 4) is 0 Å². The summed E-state index contributed by atoms with van der Waals surface area (Å²) in [5.41, 5.74) is 0. The van der Waals surface area contributed by atoms with E-state index in [0.717, 1.165) is 10.9 Å². The van der Waals surface area contributed by atoms with Crippen LogP contribution in [0.25, 0.3) is 0 Å². The monoisotopic (exact) mass is 246 g/mol. The molecule has 1 fully saturated rings. The molecule has 12 heavy (non-hydrogen) atoms. The first-order valence-corrected chi connectivity index (χ1v) is 5.77. The predicted molar refractivity (Wildman–Crippen MR) is 54.5 cm³/mol. The van der Waals surface area contributed by atoms with Gasteiger partial charge in [0.1, 0.15) is 0 Å². The van der Waals surface area contributed by atoms with Crippen LogP contribution in [0.5, 0.6) is 0 Å². The Balaban J connectivity index is 2.12. The van der Waals surface area contributed by atoms with Gasteiger partial charge in [0.15, 0.2) is 0 Å². The van der Waals surface area contributed by atoms with E-state index in [2.05, 4.69) is 34.3 Å². The van der Waals surface area contributed by atoms with Crippen LogP contribution < -0.4 is 0 Å². The lowest BCUT2D eigenvalue weighted by Crippen LogP contribution is -2.36. The molecule has 0 amide bonds. The highest BCUT2D eigenvalue weighted by Crippen LogP contribution is 2.44. The maximum absolute atomic E-state index is 9.35. The highest BCUT2D eigenvalue weighted by Gasteiger charge is 2.37. The summed E-state index contributed by atoms with van der Waals surface area (Å²) in [7, 11) is 0. The molecule has 0 saturated heterocycles. The van der Waals surface area contributed by atoms with E-state index in [1.54, 1.807) is 11.3 Å². The molecule has 1 aromatic heterocycles. The molecule has 1 aliphatic carbocycles. The highest BCUT2D eigenvalue weighted by atomic mass is 79.9. The van der Waals surface area contributed by atoms with Gasteiger partial charge in [-0.2, -0.15) is 0 Å². The third-order valence-corrected chi connectivity index (χ3v) is 4.52. The molecule has 66 valence electrons. The molecule has 2 rings (SSSR count). The lowest BCUT2D eigenvalue weighted by Gasteiger charge is -2.38. The second-order valence-corrected chi connectivity index (χ2v) is 5.29. The zero-order chi connectivity index (χ0) is 8.72. The minimum Gasteiger partial charge on any atom is -0.393 e. The van der Waals surface area contributed by atoms with Gasteiger partial charge in [0, 0.05) is 20.6 Å². The van der Waals surface area contributed by atoms with Crippen molar-refractivity contribution in [2.24, 2.45) is 5.92 Å². The number of halogens is 1. The topological polar surface area (TPSA) is 20.2 Å². The van der Waals surface area contributed by atoms with E-state index in [0.29, 0.717) is 11.8 Å². The van der Waals surface area contributed by atoms with Crippen LogP contribution in [0.15, 0.2) is 15.9 Å². The van der Waals surface area contributed by atoms with Crippen LogP contribution in [-0.4, -0.2) is 11.2 Å². The van der Waals surface area contributed by atoms with E-state index < -0.39 is 0 Å². The van der Waals surface area contributed by atoms with Gasteiger partial charge in [0.05, 0.1) is 6.10 Å². The van der Waals surface area contributed by atoms with Crippen LogP contribution in [-0.2, 0) is 0 Å². The van der Waals surface area contributed by atoms with Crippen molar-refractivity contribution in [3.05, 3.63) is 20.8 Å². The van der Waals surface area contributed by atoms with E-state index in [9.17, 15) is 5.11 Å². The van der Waals surface area contributed by atoms with Crippen LogP contribution in [0.2, 0.25) is 0 Å². The largest absolute Gasteiger partial charge is 0.393 e. The van der Waals surface area contributed by atoms with E-state index in [1.807, 2.05) is 0 Å². The second-order valence-electron chi connectivity index (χ2n) is 3.44. The Hall–Kier alpha value is 0.140. The van der Waals surface area contributed by atoms with E-state index in [-0.39, 0.29) is 6.10 Å². The molecule has 0 spiro atoms. The molecule has 0 aliphatic heterocycles. The van der Waals surface area contributed by atoms with Crippen molar-refractivity contribution in [1.82, 2.24) is 0 Å². The van der Waals surface area contributed by atoms with Gasteiger partial charge in [0.25, 0.3) is 0 Å². The Morgan fingerprint density at radius 2 is 2.42 bits per heavy atom. The molecule has 1 aliphatic rings. The maximum atomic E-state index is 9.35. The fourth-order valence-corrected chi connectivity index (χ4v) is 3.34. The maximum Gasteiger partial charge on any atom is 0.0578 e. The molecule has 1 N–H and O–H groups in total. The number of hydrogen-bond donors (Lipinski definition) is 1. The summed E-state index contributed by atoms with van der Waals surface area (Å²) in [5, 5.41) is 11.5. The quantitative estimate of drug-likeness (QED) is 0.808. The molecule has 0 bridgehead atoms. The van der Waals surface area contributed by atoms with Gasteiger partial charge >= 0.3 is 0 Å². The first-order chi connectivity index (χ1) is 5.68. The molecule has 0 radical (unpaired) electrons. The molecular weight excluding hydrogens is 236 g/mol. The Labute approximate surface area is 84.6 Å². The van der Waals surface area contributed by atoms with Gasteiger partial charge in [0.2, 0.25) is 0 Å². The predicted octanol–water partition coefficient (Wildman–Crippen LogP) is 2.99. The number of aliphatic hydroxyl groups excluding tert-OH is 1. The van der Waals surface area contributed by atoms with Crippen LogP contribution in [0.1, 0.15) is 24.1 Å². The van der Waals surface area contributed by atoms with Gasteiger partial charge in [-0.3, -0.25) is 0 Å². The van der Waals surface area contributed by atoms with Crippen molar-refractivity contribution in [1.29, 1.82) is 0 Å². The summed E-state index contributed by atoms with van der Waals surface area (Å²) in [6.45, 7) is 2.12. The number of hydrogen-bond acceptors (Lipinski definition) is 2. The zero-order valence-electron chi connectivity index (χ0n) is 6.83. The summed E-state index contributed by atoms with van der Waals surface area (Å²) >= 11 is 5.22. The lowest BCUT2D eigenvalue weighted by atomic mass is 9.71. The molecule has 1 saturated carbocycles. The molecule has 0 aromatic carbocycles. The van der Waals surface area contributed by atoms with Gasteiger partial charge in [-0.25, -0.2) is 0 Å². The Bertz CT molecular complexity index is 284. The normalized spacial score (nSPS) is 34.8. The molecule has 1 aromatic rings. The standard InChI is InChI=1S/C9H11BrOS/c1-5-7(3-8(5)11)9-2-6(10)4-12-9/h2,4-5,7-8,11H,3H2,1H3. The van der Waals surface area contributed by atoms with Crippen molar-refractivity contribution >= 4 is 27.3 Å². The summed E-state index contributed by atoms with van der Waals surface area (Å²) in [6.07, 6.45) is 0.865. The van der Waals surface area contributed by atoms with Gasteiger partial charge in [-0.15, -0.1) is 11.3 Å². The summed E-state index contributed by atoms with van der Waals surface area (Å²) in [6, 6.07) is 2.16. The Morgan fingerprint density at radius 3 is 2.83 bits per heavy atom. The lowest BCUT2D eigenvalue weighted by molar-refractivity contribution is 0.0129. The van der Waals surface area contributed by atoms with Crippen LogP contribution >= 0.6 is 27.3 Å². The number of aliphatic hydroxyl groups is 1. The van der Waals surface area contributed by atoms with Crippen molar-refractivity contribution < 1.29 is 5.11 Å². The zero-order valence-corrected chi connectivity index (χ0v) is 9.23. The van der Waals surface area contributed by atoms with Crippen molar-refractivity contribution in [2.45, 2.75) is 25.4 Å². The molecular formula is C9H11BrOS. The van der Waals surface area contributed by atoms with Crippen LogP contribution in [0.3, 0.4) is 0 Å². The van der Waals surface area contributed by atoms with Crippen LogP contribution in [0, 0.1) is 5.92 Å². The third kappa shape index (κ3) is 1.34. The molecule has 1 nitrogen and oxygen atoms in total.